The topological polar surface area (TPSA) is 18.5 Å². The summed E-state index contributed by atoms with van der Waals surface area (Å²) >= 11 is 0. The molecule has 0 bridgehead atoms. The number of methoxy groups -OCH3 is 2. The molecule has 2 aromatic rings. The lowest BCUT2D eigenvalue weighted by atomic mass is 10.1. The Kier molecular flexibility index (Phi) is 4.32. The number of benzene rings is 2. The summed E-state index contributed by atoms with van der Waals surface area (Å²) < 4.78 is 10.6. The van der Waals surface area contributed by atoms with Crippen LogP contribution in [0.25, 0.3) is 0 Å². The molecular weight excluding hydrogens is 248 g/mol. The van der Waals surface area contributed by atoms with E-state index in [1.807, 2.05) is 30.3 Å². The molecule has 0 saturated carbocycles. The Morgan fingerprint density at radius 1 is 0.850 bits per heavy atom. The minimum absolute atomic E-state index is 0.616. The molecule has 2 heteroatoms. The van der Waals surface area contributed by atoms with E-state index in [0.717, 1.165) is 11.1 Å². The predicted octanol–water partition coefficient (Wildman–Crippen LogP) is 3.08. The Bertz CT molecular complexity index is 698. The summed E-state index contributed by atoms with van der Waals surface area (Å²) in [6.07, 6.45) is 5.44. The largest absolute Gasteiger partial charge is 0.495 e. The van der Waals surface area contributed by atoms with Gasteiger partial charge in [-0.25, -0.2) is 0 Å². The first-order chi connectivity index (χ1) is 9.78. The van der Waals surface area contributed by atoms with E-state index >= 15 is 0 Å². The lowest BCUT2D eigenvalue weighted by Gasteiger charge is -2.08. The van der Waals surface area contributed by atoms with Gasteiger partial charge in [-0.15, -0.1) is 6.42 Å². The van der Waals surface area contributed by atoms with E-state index in [1.54, 1.807) is 26.4 Å². The van der Waals surface area contributed by atoms with E-state index in [4.69, 9.17) is 15.9 Å². The smallest absolute Gasteiger partial charge is 0.136 e. The highest BCUT2D eigenvalue weighted by Crippen LogP contribution is 2.27. The van der Waals surface area contributed by atoms with E-state index in [0.29, 0.717) is 17.1 Å². The molecular formula is C18H14O2. The normalized spacial score (nSPS) is 9.05. The molecule has 0 N–H and O–H groups in total. The second-order valence-corrected chi connectivity index (χ2v) is 4.01. The van der Waals surface area contributed by atoms with Crippen molar-refractivity contribution >= 4 is 0 Å². The summed E-state index contributed by atoms with van der Waals surface area (Å²) in [6, 6.07) is 13.3. The van der Waals surface area contributed by atoms with Crippen LogP contribution in [0.15, 0.2) is 42.5 Å². The van der Waals surface area contributed by atoms with Crippen LogP contribution in [-0.4, -0.2) is 14.2 Å². The van der Waals surface area contributed by atoms with Gasteiger partial charge in [0.25, 0.3) is 0 Å². The molecule has 0 unspecified atom stereocenters. The molecule has 0 aliphatic carbocycles. The number of hydrogen-bond donors (Lipinski definition) is 0. The molecule has 0 aliphatic heterocycles. The van der Waals surface area contributed by atoms with Crippen LogP contribution >= 0.6 is 0 Å². The van der Waals surface area contributed by atoms with Crippen LogP contribution in [0.4, 0.5) is 0 Å². The van der Waals surface area contributed by atoms with Gasteiger partial charge >= 0.3 is 0 Å². The van der Waals surface area contributed by atoms with Crippen LogP contribution in [0.3, 0.4) is 0 Å². The quantitative estimate of drug-likeness (QED) is 0.774. The van der Waals surface area contributed by atoms with E-state index in [-0.39, 0.29) is 0 Å². The van der Waals surface area contributed by atoms with Crippen molar-refractivity contribution in [1.29, 1.82) is 0 Å². The Morgan fingerprint density at radius 2 is 1.45 bits per heavy atom. The molecule has 20 heavy (non-hydrogen) atoms. The molecule has 0 aliphatic rings. The Hall–Kier alpha value is -2.84. The van der Waals surface area contributed by atoms with Crippen molar-refractivity contribution in [3.63, 3.8) is 0 Å². The highest BCUT2D eigenvalue weighted by molar-refractivity contribution is 5.59. The minimum Gasteiger partial charge on any atom is -0.495 e. The van der Waals surface area contributed by atoms with Gasteiger partial charge in [0.15, 0.2) is 0 Å². The Balaban J connectivity index is 2.47. The molecule has 0 radical (unpaired) electrons. The summed E-state index contributed by atoms with van der Waals surface area (Å²) in [5.74, 6) is 10.00. The van der Waals surface area contributed by atoms with E-state index in [9.17, 15) is 0 Å². The van der Waals surface area contributed by atoms with Crippen molar-refractivity contribution in [2.24, 2.45) is 0 Å². The second kappa shape index (κ2) is 6.36. The van der Waals surface area contributed by atoms with Crippen molar-refractivity contribution in [2.75, 3.05) is 14.2 Å². The zero-order valence-corrected chi connectivity index (χ0v) is 11.4. The van der Waals surface area contributed by atoms with Gasteiger partial charge in [0.1, 0.15) is 11.5 Å². The minimum atomic E-state index is 0.616. The monoisotopic (exact) mass is 262 g/mol. The Morgan fingerprint density at radius 3 is 2.05 bits per heavy atom. The summed E-state index contributed by atoms with van der Waals surface area (Å²) in [6.45, 7) is 0. The first kappa shape index (κ1) is 13.6. The van der Waals surface area contributed by atoms with Gasteiger partial charge in [0.05, 0.1) is 25.3 Å². The molecule has 0 amide bonds. The SMILES string of the molecule is C#Cc1cc(OC)c(C#Cc2ccccc2)cc1OC. The van der Waals surface area contributed by atoms with Gasteiger partial charge in [-0.05, 0) is 12.1 Å². The summed E-state index contributed by atoms with van der Waals surface area (Å²) in [5, 5.41) is 0. The average molecular weight is 262 g/mol. The number of ether oxygens (including phenoxy) is 2. The summed E-state index contributed by atoms with van der Waals surface area (Å²) in [5.41, 5.74) is 2.33. The number of hydrogen-bond acceptors (Lipinski definition) is 2. The fraction of sp³-hybridized carbons (Fsp3) is 0.111. The van der Waals surface area contributed by atoms with Crippen molar-refractivity contribution in [1.82, 2.24) is 0 Å². The Labute approximate surface area is 119 Å². The second-order valence-electron chi connectivity index (χ2n) is 4.01. The highest BCUT2D eigenvalue weighted by atomic mass is 16.5. The first-order valence-electron chi connectivity index (χ1n) is 6.08. The molecule has 0 saturated heterocycles. The maximum absolute atomic E-state index is 5.44. The molecule has 2 aromatic carbocycles. The van der Waals surface area contributed by atoms with E-state index < -0.39 is 0 Å². The van der Waals surface area contributed by atoms with E-state index in [2.05, 4.69) is 17.8 Å². The van der Waals surface area contributed by atoms with Gasteiger partial charge in [-0.1, -0.05) is 36.0 Å². The molecule has 0 atom stereocenters. The third-order valence-electron chi connectivity index (χ3n) is 2.79. The molecule has 0 spiro atoms. The molecule has 98 valence electrons. The fourth-order valence-electron chi connectivity index (χ4n) is 1.77. The number of rotatable bonds is 2. The number of terminal acetylenes is 1. The third-order valence-corrected chi connectivity index (χ3v) is 2.79. The zero-order chi connectivity index (χ0) is 14.4. The lowest BCUT2D eigenvalue weighted by Crippen LogP contribution is -1.94. The van der Waals surface area contributed by atoms with Crippen molar-refractivity contribution in [3.8, 4) is 35.7 Å². The maximum Gasteiger partial charge on any atom is 0.136 e. The van der Waals surface area contributed by atoms with E-state index in [1.165, 1.54) is 0 Å². The predicted molar refractivity (Wildman–Crippen MR) is 79.9 cm³/mol. The third kappa shape index (κ3) is 2.94. The first-order valence-corrected chi connectivity index (χ1v) is 6.08. The zero-order valence-electron chi connectivity index (χ0n) is 11.4. The molecule has 0 fully saturated rings. The van der Waals surface area contributed by atoms with Gasteiger partial charge in [-0.3, -0.25) is 0 Å². The molecule has 2 rings (SSSR count). The lowest BCUT2D eigenvalue weighted by molar-refractivity contribution is 0.401. The summed E-state index contributed by atoms with van der Waals surface area (Å²) in [4.78, 5) is 0. The van der Waals surface area contributed by atoms with Crippen molar-refractivity contribution < 1.29 is 9.47 Å². The van der Waals surface area contributed by atoms with Crippen LogP contribution in [0.5, 0.6) is 11.5 Å². The fourth-order valence-corrected chi connectivity index (χ4v) is 1.77. The van der Waals surface area contributed by atoms with Gasteiger partial charge in [-0.2, -0.15) is 0 Å². The highest BCUT2D eigenvalue weighted by Gasteiger charge is 2.08. The molecule has 0 aromatic heterocycles. The standard InChI is InChI=1S/C18H14O2/c1-4-15-12-18(20-3)16(13-17(15)19-2)11-10-14-8-6-5-7-9-14/h1,5-9,12-13H,2-3H3. The van der Waals surface area contributed by atoms with Crippen molar-refractivity contribution in [2.45, 2.75) is 0 Å². The maximum atomic E-state index is 5.44. The van der Waals surface area contributed by atoms with Crippen molar-refractivity contribution in [3.05, 3.63) is 59.2 Å². The van der Waals surface area contributed by atoms with Gasteiger partial charge < -0.3 is 9.47 Å². The van der Waals surface area contributed by atoms with Crippen LogP contribution < -0.4 is 9.47 Å². The summed E-state index contributed by atoms with van der Waals surface area (Å²) in [7, 11) is 3.17. The molecule has 0 heterocycles. The van der Waals surface area contributed by atoms with Gasteiger partial charge in [0.2, 0.25) is 0 Å². The van der Waals surface area contributed by atoms with Crippen LogP contribution in [0.2, 0.25) is 0 Å². The van der Waals surface area contributed by atoms with Crippen LogP contribution in [-0.2, 0) is 0 Å². The van der Waals surface area contributed by atoms with Crippen LogP contribution in [0, 0.1) is 24.2 Å². The van der Waals surface area contributed by atoms with Crippen LogP contribution in [0.1, 0.15) is 16.7 Å². The average Bonchev–Trinajstić information content (AvgIpc) is 2.52. The van der Waals surface area contributed by atoms with Gasteiger partial charge in [0, 0.05) is 17.7 Å². The molecule has 2 nitrogen and oxygen atoms in total.